The van der Waals surface area contributed by atoms with Gasteiger partial charge in [0.1, 0.15) is 0 Å². The van der Waals surface area contributed by atoms with E-state index in [0.29, 0.717) is 0 Å². The normalized spacial score (nSPS) is 9.31. The average molecular weight is 223 g/mol. The minimum absolute atomic E-state index is 0.0522. The maximum Gasteiger partial charge on any atom is 0.337 e. The molecule has 0 aliphatic carbocycles. The van der Waals surface area contributed by atoms with Gasteiger partial charge in [0, 0.05) is 0 Å². The molecule has 0 bridgehead atoms. The summed E-state index contributed by atoms with van der Waals surface area (Å²) in [6.07, 6.45) is 0. The second-order valence-electron chi connectivity index (χ2n) is 2.74. The quantitative estimate of drug-likeness (QED) is 0.479. The summed E-state index contributed by atoms with van der Waals surface area (Å²) in [5, 5.41) is 20.7. The summed E-state index contributed by atoms with van der Waals surface area (Å²) in [5.41, 5.74) is 0.661. The lowest BCUT2D eigenvalue weighted by Crippen LogP contribution is -2.32. The molecule has 84 valence electrons. The summed E-state index contributed by atoms with van der Waals surface area (Å²) in [4.78, 5) is 32.3. The van der Waals surface area contributed by atoms with E-state index in [1.54, 1.807) is 0 Å². The molecule has 1 aromatic carbocycles. The van der Waals surface area contributed by atoms with Crippen LogP contribution in [0.15, 0.2) is 24.3 Å². The van der Waals surface area contributed by atoms with Crippen LogP contribution in [0.5, 0.6) is 0 Å². The molecule has 0 saturated heterocycles. The smallest absolute Gasteiger partial charge is 0.337 e. The minimum Gasteiger partial charge on any atom is -0.759 e. The molecule has 0 radical (unpaired) electrons. The Hall–Kier alpha value is -2.41. The lowest BCUT2D eigenvalue weighted by atomic mass is 10.2. The number of carbonyl (C=O) groups is 3. The Labute approximate surface area is 89.7 Å². The van der Waals surface area contributed by atoms with Crippen molar-refractivity contribution < 1.29 is 19.5 Å². The largest absolute Gasteiger partial charge is 0.759 e. The summed E-state index contributed by atoms with van der Waals surface area (Å²) in [5.74, 6) is -3.86. The molecule has 0 aliphatic heterocycles. The van der Waals surface area contributed by atoms with Crippen molar-refractivity contribution in [3.05, 3.63) is 35.0 Å². The summed E-state index contributed by atoms with van der Waals surface area (Å²) in [7, 11) is 0. The number of benzene rings is 1. The van der Waals surface area contributed by atoms with Crippen LogP contribution < -0.4 is 10.8 Å². The SMILES string of the molecule is O=C(N[O-])C(=O)Nc1ccccc1C(=O)O. The highest BCUT2D eigenvalue weighted by atomic mass is 16.5. The molecule has 0 aliphatic rings. The van der Waals surface area contributed by atoms with Crippen molar-refractivity contribution in [3.8, 4) is 0 Å². The van der Waals surface area contributed by atoms with Gasteiger partial charge in [-0.2, -0.15) is 0 Å². The van der Waals surface area contributed by atoms with Gasteiger partial charge in [-0.1, -0.05) is 12.1 Å². The molecule has 0 atom stereocenters. The summed E-state index contributed by atoms with van der Waals surface area (Å²) >= 11 is 0. The highest BCUT2D eigenvalue weighted by Crippen LogP contribution is 2.14. The van der Waals surface area contributed by atoms with Crippen LogP contribution in [0.4, 0.5) is 5.69 Å². The van der Waals surface area contributed by atoms with Gasteiger partial charge < -0.3 is 21.1 Å². The Morgan fingerprint density at radius 1 is 1.12 bits per heavy atom. The van der Waals surface area contributed by atoms with Crippen LogP contribution in [0.3, 0.4) is 0 Å². The number of anilines is 1. The highest BCUT2D eigenvalue weighted by Gasteiger charge is 2.14. The standard InChI is InChI=1S/C9H7N2O5/c12-7(8(13)11-16)10-6-4-2-1-3-5(6)9(14)15/h1-4H,(H3-,10,11,12,13,14,15,16)/q-1. The second kappa shape index (κ2) is 4.89. The fourth-order valence-corrected chi connectivity index (χ4v) is 1.00. The van der Waals surface area contributed by atoms with Crippen molar-refractivity contribution in [2.75, 3.05) is 5.32 Å². The molecule has 0 aromatic heterocycles. The van der Waals surface area contributed by atoms with Crippen LogP contribution in [-0.2, 0) is 9.59 Å². The van der Waals surface area contributed by atoms with Gasteiger partial charge in [-0.05, 0) is 12.1 Å². The van der Waals surface area contributed by atoms with E-state index in [1.165, 1.54) is 24.3 Å². The maximum absolute atomic E-state index is 11.0. The van der Waals surface area contributed by atoms with Gasteiger partial charge in [0.25, 0.3) is 5.91 Å². The van der Waals surface area contributed by atoms with Crippen LogP contribution >= 0.6 is 0 Å². The molecule has 0 heterocycles. The predicted molar refractivity (Wildman–Crippen MR) is 53.5 cm³/mol. The second-order valence-corrected chi connectivity index (χ2v) is 2.74. The van der Waals surface area contributed by atoms with Crippen LogP contribution in [0.1, 0.15) is 10.4 Å². The van der Waals surface area contributed by atoms with Gasteiger partial charge in [-0.25, -0.2) is 4.79 Å². The molecule has 7 heteroatoms. The van der Waals surface area contributed by atoms with Gasteiger partial charge in [0.15, 0.2) is 0 Å². The molecule has 1 aromatic rings. The van der Waals surface area contributed by atoms with Gasteiger partial charge in [-0.15, -0.1) is 0 Å². The fourth-order valence-electron chi connectivity index (χ4n) is 1.00. The highest BCUT2D eigenvalue weighted by molar-refractivity contribution is 6.40. The zero-order valence-electron chi connectivity index (χ0n) is 7.89. The molecule has 3 N–H and O–H groups in total. The van der Waals surface area contributed by atoms with Gasteiger partial charge in [0.05, 0.1) is 11.3 Å². The lowest BCUT2D eigenvalue weighted by Gasteiger charge is -2.09. The first kappa shape index (κ1) is 11.7. The Bertz CT molecular complexity index is 443. The fraction of sp³-hybridized carbons (Fsp3) is 0. The number of hydrogen-bond acceptors (Lipinski definition) is 4. The van der Waals surface area contributed by atoms with Crippen LogP contribution in [0.2, 0.25) is 0 Å². The van der Waals surface area contributed by atoms with E-state index in [-0.39, 0.29) is 11.3 Å². The Balaban J connectivity index is 2.93. The number of carboxylic acid groups (broad SMARTS) is 1. The van der Waals surface area contributed by atoms with Crippen molar-refractivity contribution >= 4 is 23.5 Å². The van der Waals surface area contributed by atoms with E-state index in [2.05, 4.69) is 0 Å². The average Bonchev–Trinajstić information content (AvgIpc) is 2.28. The number of hydrogen-bond donors (Lipinski definition) is 3. The molecule has 0 fully saturated rings. The Morgan fingerprint density at radius 3 is 2.31 bits per heavy atom. The molecule has 2 amide bonds. The zero-order chi connectivity index (χ0) is 12.1. The van der Waals surface area contributed by atoms with E-state index in [0.717, 1.165) is 5.48 Å². The Morgan fingerprint density at radius 2 is 1.75 bits per heavy atom. The topological polar surface area (TPSA) is 119 Å². The van der Waals surface area contributed by atoms with Crippen LogP contribution in [-0.4, -0.2) is 22.9 Å². The molecule has 0 spiro atoms. The predicted octanol–water partition coefficient (Wildman–Crippen LogP) is -0.0627. The minimum atomic E-state index is -1.39. The van der Waals surface area contributed by atoms with Crippen molar-refractivity contribution in [1.82, 2.24) is 5.48 Å². The molecular formula is C9H7N2O5-. The first-order chi connectivity index (χ1) is 7.56. The molecule has 16 heavy (non-hydrogen) atoms. The van der Waals surface area contributed by atoms with E-state index in [4.69, 9.17) is 5.11 Å². The van der Waals surface area contributed by atoms with Crippen molar-refractivity contribution in [2.24, 2.45) is 0 Å². The van der Waals surface area contributed by atoms with Gasteiger partial charge >= 0.3 is 11.9 Å². The van der Waals surface area contributed by atoms with Crippen molar-refractivity contribution in [1.29, 1.82) is 0 Å². The van der Waals surface area contributed by atoms with Crippen LogP contribution in [0.25, 0.3) is 0 Å². The first-order valence-electron chi connectivity index (χ1n) is 4.12. The number of amides is 2. The molecule has 0 unspecified atom stereocenters. The molecule has 1 rings (SSSR count). The maximum atomic E-state index is 11.0. The van der Waals surface area contributed by atoms with Crippen molar-refractivity contribution in [2.45, 2.75) is 0 Å². The zero-order valence-corrected chi connectivity index (χ0v) is 7.89. The number of nitrogens with one attached hydrogen (secondary N) is 2. The third-order valence-electron chi connectivity index (χ3n) is 1.70. The number of aromatic carboxylic acids is 1. The number of rotatable bonds is 2. The van der Waals surface area contributed by atoms with Gasteiger partial charge in [-0.3, -0.25) is 9.59 Å². The number of hydroxylamine groups is 1. The monoisotopic (exact) mass is 223 g/mol. The van der Waals surface area contributed by atoms with Crippen molar-refractivity contribution in [3.63, 3.8) is 0 Å². The van der Waals surface area contributed by atoms with E-state index in [9.17, 15) is 19.6 Å². The van der Waals surface area contributed by atoms with E-state index >= 15 is 0 Å². The summed E-state index contributed by atoms with van der Waals surface area (Å²) < 4.78 is 0. The van der Waals surface area contributed by atoms with E-state index in [1.807, 2.05) is 5.32 Å². The number of carbonyl (C=O) groups excluding carboxylic acids is 2. The summed E-state index contributed by atoms with van der Waals surface area (Å²) in [6.45, 7) is 0. The first-order valence-corrected chi connectivity index (χ1v) is 4.12. The van der Waals surface area contributed by atoms with Gasteiger partial charge in [0.2, 0.25) is 0 Å². The summed E-state index contributed by atoms with van der Waals surface area (Å²) in [6, 6.07) is 5.51. The number of carboxylic acids is 1. The molecule has 7 nitrogen and oxygen atoms in total. The molecule has 0 saturated carbocycles. The van der Waals surface area contributed by atoms with E-state index < -0.39 is 17.8 Å². The Kier molecular flexibility index (Phi) is 3.57. The third kappa shape index (κ3) is 2.55. The molecular weight excluding hydrogens is 216 g/mol. The third-order valence-corrected chi connectivity index (χ3v) is 1.70. The van der Waals surface area contributed by atoms with Crippen LogP contribution in [0, 0.1) is 5.21 Å². The lowest BCUT2D eigenvalue weighted by molar-refractivity contribution is -0.135. The number of para-hydroxylation sites is 1.